The molecule has 0 bridgehead atoms. The standard InChI is InChI=1S/C16H18N2O2/c1-12(17-2)13-8-10-14(11-9-13)18-16(19)20-15-6-4-3-5-7-15/h3-12,17H,1-2H3,(H,18,19). The summed E-state index contributed by atoms with van der Waals surface area (Å²) in [5.41, 5.74) is 1.87. The molecule has 0 spiro atoms. The van der Waals surface area contributed by atoms with Gasteiger partial charge in [0.1, 0.15) is 5.75 Å². The van der Waals surface area contributed by atoms with E-state index < -0.39 is 6.09 Å². The van der Waals surface area contributed by atoms with Crippen molar-refractivity contribution in [3.05, 3.63) is 60.2 Å². The largest absolute Gasteiger partial charge is 0.417 e. The summed E-state index contributed by atoms with van der Waals surface area (Å²) in [4.78, 5) is 11.7. The smallest absolute Gasteiger partial charge is 0.410 e. The number of para-hydroxylation sites is 1. The highest BCUT2D eigenvalue weighted by molar-refractivity contribution is 5.86. The van der Waals surface area contributed by atoms with Gasteiger partial charge in [-0.15, -0.1) is 0 Å². The fraction of sp³-hybridized carbons (Fsp3) is 0.188. The minimum atomic E-state index is -0.495. The average molecular weight is 270 g/mol. The zero-order valence-corrected chi connectivity index (χ0v) is 11.6. The van der Waals surface area contributed by atoms with E-state index in [1.165, 1.54) is 0 Å². The number of carbonyl (C=O) groups is 1. The summed E-state index contributed by atoms with van der Waals surface area (Å²) in [5.74, 6) is 0.519. The monoisotopic (exact) mass is 270 g/mol. The SMILES string of the molecule is CNC(C)c1ccc(NC(=O)Oc2ccccc2)cc1. The molecule has 104 valence electrons. The Bertz CT molecular complexity index is 552. The van der Waals surface area contributed by atoms with Crippen LogP contribution in [0.2, 0.25) is 0 Å². The first kappa shape index (κ1) is 14.1. The Morgan fingerprint density at radius 2 is 1.70 bits per heavy atom. The van der Waals surface area contributed by atoms with Crippen LogP contribution in [0.5, 0.6) is 5.75 Å². The summed E-state index contributed by atoms with van der Waals surface area (Å²) in [7, 11) is 1.91. The number of benzene rings is 2. The van der Waals surface area contributed by atoms with Crippen molar-refractivity contribution in [3.8, 4) is 5.75 Å². The molecule has 0 heterocycles. The Hall–Kier alpha value is -2.33. The highest BCUT2D eigenvalue weighted by atomic mass is 16.6. The lowest BCUT2D eigenvalue weighted by molar-refractivity contribution is 0.215. The van der Waals surface area contributed by atoms with Crippen molar-refractivity contribution in [1.29, 1.82) is 0 Å². The van der Waals surface area contributed by atoms with Crippen molar-refractivity contribution in [3.63, 3.8) is 0 Å². The molecule has 1 amide bonds. The first-order valence-electron chi connectivity index (χ1n) is 6.50. The number of ether oxygens (including phenoxy) is 1. The van der Waals surface area contributed by atoms with Crippen LogP contribution in [-0.4, -0.2) is 13.1 Å². The van der Waals surface area contributed by atoms with Gasteiger partial charge in [-0.2, -0.15) is 0 Å². The fourth-order valence-electron chi connectivity index (χ4n) is 1.76. The molecule has 0 saturated heterocycles. The molecule has 4 heteroatoms. The Labute approximate surface area is 118 Å². The summed E-state index contributed by atoms with van der Waals surface area (Å²) >= 11 is 0. The van der Waals surface area contributed by atoms with Gasteiger partial charge in [0.2, 0.25) is 0 Å². The van der Waals surface area contributed by atoms with E-state index in [1.54, 1.807) is 12.1 Å². The second-order valence-electron chi connectivity index (χ2n) is 4.46. The third-order valence-electron chi connectivity index (χ3n) is 3.04. The van der Waals surface area contributed by atoms with Crippen LogP contribution in [0.3, 0.4) is 0 Å². The van der Waals surface area contributed by atoms with E-state index in [2.05, 4.69) is 17.6 Å². The number of hydrogen-bond donors (Lipinski definition) is 2. The van der Waals surface area contributed by atoms with Gasteiger partial charge < -0.3 is 10.1 Å². The zero-order chi connectivity index (χ0) is 14.4. The van der Waals surface area contributed by atoms with Crippen molar-refractivity contribution in [2.24, 2.45) is 0 Å². The highest BCUT2D eigenvalue weighted by Gasteiger charge is 2.06. The minimum Gasteiger partial charge on any atom is -0.410 e. The minimum absolute atomic E-state index is 0.278. The Morgan fingerprint density at radius 1 is 1.05 bits per heavy atom. The first-order valence-corrected chi connectivity index (χ1v) is 6.50. The molecule has 20 heavy (non-hydrogen) atoms. The van der Waals surface area contributed by atoms with E-state index in [0.717, 1.165) is 5.56 Å². The second kappa shape index (κ2) is 6.73. The van der Waals surface area contributed by atoms with Crippen LogP contribution in [0.15, 0.2) is 54.6 Å². The molecule has 2 aromatic rings. The molecule has 1 atom stereocenters. The lowest BCUT2D eigenvalue weighted by atomic mass is 10.1. The molecule has 2 aromatic carbocycles. The van der Waals surface area contributed by atoms with Crippen molar-refractivity contribution in [2.45, 2.75) is 13.0 Å². The van der Waals surface area contributed by atoms with Crippen LogP contribution in [0.25, 0.3) is 0 Å². The third-order valence-corrected chi connectivity index (χ3v) is 3.04. The van der Waals surface area contributed by atoms with E-state index >= 15 is 0 Å². The molecule has 2 rings (SSSR count). The van der Waals surface area contributed by atoms with Crippen LogP contribution in [0.1, 0.15) is 18.5 Å². The van der Waals surface area contributed by atoms with Gasteiger partial charge in [-0.25, -0.2) is 4.79 Å². The maximum Gasteiger partial charge on any atom is 0.417 e. The quantitative estimate of drug-likeness (QED) is 0.892. The van der Waals surface area contributed by atoms with Gasteiger partial charge in [-0.05, 0) is 43.8 Å². The van der Waals surface area contributed by atoms with Crippen LogP contribution in [0.4, 0.5) is 10.5 Å². The van der Waals surface area contributed by atoms with Crippen molar-refractivity contribution < 1.29 is 9.53 Å². The Balaban J connectivity index is 1.94. The predicted octanol–water partition coefficient (Wildman–Crippen LogP) is 3.58. The van der Waals surface area contributed by atoms with Crippen LogP contribution < -0.4 is 15.4 Å². The van der Waals surface area contributed by atoms with Gasteiger partial charge in [-0.1, -0.05) is 30.3 Å². The highest BCUT2D eigenvalue weighted by Crippen LogP contribution is 2.16. The van der Waals surface area contributed by atoms with Crippen molar-refractivity contribution in [1.82, 2.24) is 5.32 Å². The molecular weight excluding hydrogens is 252 g/mol. The fourth-order valence-corrected chi connectivity index (χ4v) is 1.76. The molecule has 0 saturated carbocycles. The normalized spacial score (nSPS) is 11.7. The van der Waals surface area contributed by atoms with Gasteiger partial charge in [0.15, 0.2) is 0 Å². The summed E-state index contributed by atoms with van der Waals surface area (Å²) < 4.78 is 5.15. The maximum absolute atomic E-state index is 11.7. The zero-order valence-electron chi connectivity index (χ0n) is 11.6. The molecule has 0 aromatic heterocycles. The average Bonchev–Trinajstić information content (AvgIpc) is 2.48. The molecular formula is C16H18N2O2. The van der Waals surface area contributed by atoms with E-state index in [4.69, 9.17) is 4.74 Å². The van der Waals surface area contributed by atoms with Crippen LogP contribution >= 0.6 is 0 Å². The van der Waals surface area contributed by atoms with Gasteiger partial charge >= 0.3 is 6.09 Å². The van der Waals surface area contributed by atoms with Gasteiger partial charge in [0.25, 0.3) is 0 Å². The van der Waals surface area contributed by atoms with Crippen molar-refractivity contribution in [2.75, 3.05) is 12.4 Å². The topological polar surface area (TPSA) is 50.4 Å². The van der Waals surface area contributed by atoms with Crippen molar-refractivity contribution >= 4 is 11.8 Å². The number of nitrogens with one attached hydrogen (secondary N) is 2. The number of carbonyl (C=O) groups excluding carboxylic acids is 1. The first-order chi connectivity index (χ1) is 9.69. The maximum atomic E-state index is 11.7. The summed E-state index contributed by atoms with van der Waals surface area (Å²) in [6, 6.07) is 16.9. The number of hydrogen-bond acceptors (Lipinski definition) is 3. The summed E-state index contributed by atoms with van der Waals surface area (Å²) in [6.07, 6.45) is -0.495. The molecule has 1 unspecified atom stereocenters. The van der Waals surface area contributed by atoms with Gasteiger partial charge in [0, 0.05) is 11.7 Å². The molecule has 0 aliphatic carbocycles. The number of rotatable bonds is 4. The van der Waals surface area contributed by atoms with E-state index in [0.29, 0.717) is 11.4 Å². The van der Waals surface area contributed by atoms with Gasteiger partial charge in [-0.3, -0.25) is 5.32 Å². The van der Waals surface area contributed by atoms with E-state index in [1.807, 2.05) is 49.5 Å². The lowest BCUT2D eigenvalue weighted by Crippen LogP contribution is -2.17. The molecule has 0 aliphatic rings. The third kappa shape index (κ3) is 3.83. The molecule has 0 fully saturated rings. The summed E-state index contributed by atoms with van der Waals surface area (Å²) in [6.45, 7) is 2.08. The molecule has 2 N–H and O–H groups in total. The van der Waals surface area contributed by atoms with Crippen LogP contribution in [-0.2, 0) is 0 Å². The number of amides is 1. The second-order valence-corrected chi connectivity index (χ2v) is 4.46. The molecule has 0 aliphatic heterocycles. The van der Waals surface area contributed by atoms with Gasteiger partial charge in [0.05, 0.1) is 0 Å². The Morgan fingerprint density at radius 3 is 2.30 bits per heavy atom. The number of anilines is 1. The molecule has 0 radical (unpaired) electrons. The predicted molar refractivity (Wildman–Crippen MR) is 80.0 cm³/mol. The Kier molecular flexibility index (Phi) is 4.74. The lowest BCUT2D eigenvalue weighted by Gasteiger charge is -2.11. The summed E-state index contributed by atoms with van der Waals surface area (Å²) in [5, 5.41) is 5.86. The van der Waals surface area contributed by atoms with E-state index in [-0.39, 0.29) is 6.04 Å². The van der Waals surface area contributed by atoms with Crippen LogP contribution in [0, 0.1) is 0 Å². The molecule has 4 nitrogen and oxygen atoms in total. The van der Waals surface area contributed by atoms with E-state index in [9.17, 15) is 4.79 Å².